The molecule has 156 valence electrons. The van der Waals surface area contributed by atoms with Crippen LogP contribution in [0.1, 0.15) is 36.8 Å². The Morgan fingerprint density at radius 2 is 1.93 bits per heavy atom. The molecule has 0 atom stereocenters. The molecule has 4 rings (SSSR count). The first-order valence-electron chi connectivity index (χ1n) is 10.2. The van der Waals surface area contributed by atoms with Gasteiger partial charge in [0.15, 0.2) is 16.3 Å². The van der Waals surface area contributed by atoms with Crippen molar-refractivity contribution in [2.45, 2.75) is 51.2 Å². The number of aryl methyl sites for hydroxylation is 1. The normalized spacial score (nSPS) is 17.0. The van der Waals surface area contributed by atoms with E-state index in [-0.39, 0.29) is 5.56 Å². The zero-order chi connectivity index (χ0) is 20.4. The second-order valence-corrected chi connectivity index (χ2v) is 8.08. The molecule has 1 aromatic heterocycles. The molecule has 0 unspecified atom stereocenters. The fourth-order valence-electron chi connectivity index (χ4n) is 4.41. The van der Waals surface area contributed by atoms with Crippen molar-refractivity contribution in [3.8, 4) is 11.5 Å². The molecule has 1 aromatic carbocycles. The van der Waals surface area contributed by atoms with Crippen molar-refractivity contribution in [1.29, 1.82) is 0 Å². The van der Waals surface area contributed by atoms with Crippen LogP contribution in [-0.2, 0) is 19.5 Å². The standard InChI is InChI=1S/C21H28N4O3S/c1-27-17-8-7-14(11-18(17)28-2)9-10-25-19-16(20(26)23-21(25)29)12-24(13-22-19)15-5-3-4-6-15/h7-8,11,15,22H,3-6,9-10,12-13H2,1-2H3,(H,23,26,29). The molecule has 1 saturated carbocycles. The van der Waals surface area contributed by atoms with Crippen molar-refractivity contribution >= 4 is 18.0 Å². The minimum atomic E-state index is -0.0810. The number of fused-ring (bicyclic) bond motifs is 1. The van der Waals surface area contributed by atoms with Gasteiger partial charge in [0.2, 0.25) is 0 Å². The number of aromatic amines is 1. The number of anilines is 1. The average molecular weight is 417 g/mol. The SMILES string of the molecule is COc1ccc(CCn2c3c(c(=O)[nH]c2=S)CN(C2CCCC2)CN3)cc1OC. The monoisotopic (exact) mass is 416 g/mol. The van der Waals surface area contributed by atoms with Gasteiger partial charge < -0.3 is 19.4 Å². The first-order chi connectivity index (χ1) is 14.1. The highest BCUT2D eigenvalue weighted by molar-refractivity contribution is 7.71. The smallest absolute Gasteiger partial charge is 0.258 e. The van der Waals surface area contributed by atoms with Gasteiger partial charge in [0.25, 0.3) is 5.56 Å². The number of ether oxygens (including phenoxy) is 2. The highest BCUT2D eigenvalue weighted by atomic mass is 32.1. The summed E-state index contributed by atoms with van der Waals surface area (Å²) in [7, 11) is 3.26. The summed E-state index contributed by atoms with van der Waals surface area (Å²) in [4.78, 5) is 17.8. The molecule has 29 heavy (non-hydrogen) atoms. The number of H-pyrrole nitrogens is 1. The molecule has 7 nitrogen and oxygen atoms in total. The lowest BCUT2D eigenvalue weighted by Crippen LogP contribution is -2.43. The molecule has 1 fully saturated rings. The van der Waals surface area contributed by atoms with Crippen LogP contribution in [0.15, 0.2) is 23.0 Å². The van der Waals surface area contributed by atoms with E-state index in [1.807, 2.05) is 22.8 Å². The van der Waals surface area contributed by atoms with Gasteiger partial charge in [-0.15, -0.1) is 0 Å². The molecule has 2 aliphatic rings. The highest BCUT2D eigenvalue weighted by Gasteiger charge is 2.28. The Morgan fingerprint density at radius 1 is 1.17 bits per heavy atom. The Balaban J connectivity index is 1.56. The van der Waals surface area contributed by atoms with Gasteiger partial charge in [-0.3, -0.25) is 14.7 Å². The first-order valence-corrected chi connectivity index (χ1v) is 10.6. The van der Waals surface area contributed by atoms with Gasteiger partial charge in [0.1, 0.15) is 5.82 Å². The van der Waals surface area contributed by atoms with Crippen molar-refractivity contribution in [3.05, 3.63) is 44.5 Å². The number of methoxy groups -OCH3 is 2. The van der Waals surface area contributed by atoms with Crippen LogP contribution in [0.25, 0.3) is 0 Å². The maximum atomic E-state index is 12.6. The molecular weight excluding hydrogens is 388 g/mol. The molecule has 0 radical (unpaired) electrons. The second-order valence-electron chi connectivity index (χ2n) is 7.70. The van der Waals surface area contributed by atoms with Crippen LogP contribution in [0.2, 0.25) is 0 Å². The molecule has 2 heterocycles. The maximum Gasteiger partial charge on any atom is 0.258 e. The van der Waals surface area contributed by atoms with Crippen LogP contribution in [0, 0.1) is 4.77 Å². The Bertz CT molecular complexity index is 994. The van der Waals surface area contributed by atoms with Crippen LogP contribution < -0.4 is 20.3 Å². The average Bonchev–Trinajstić information content (AvgIpc) is 3.28. The fraction of sp³-hybridized carbons (Fsp3) is 0.524. The molecular formula is C21H28N4O3S. The van der Waals surface area contributed by atoms with Gasteiger partial charge in [0.05, 0.1) is 26.5 Å². The van der Waals surface area contributed by atoms with Crippen LogP contribution in [-0.4, -0.2) is 41.4 Å². The van der Waals surface area contributed by atoms with E-state index < -0.39 is 0 Å². The molecule has 0 saturated heterocycles. The van der Waals surface area contributed by atoms with Gasteiger partial charge in [-0.2, -0.15) is 0 Å². The lowest BCUT2D eigenvalue weighted by molar-refractivity contribution is 0.194. The molecule has 2 N–H and O–H groups in total. The third-order valence-corrected chi connectivity index (χ3v) is 6.34. The summed E-state index contributed by atoms with van der Waals surface area (Å²) in [5.41, 5.74) is 1.82. The Labute approximate surface area is 175 Å². The maximum absolute atomic E-state index is 12.6. The number of aromatic nitrogens is 2. The first kappa shape index (κ1) is 20.0. The van der Waals surface area contributed by atoms with E-state index in [0.29, 0.717) is 35.4 Å². The summed E-state index contributed by atoms with van der Waals surface area (Å²) >= 11 is 5.47. The molecule has 1 aliphatic carbocycles. The van der Waals surface area contributed by atoms with E-state index in [2.05, 4.69) is 15.2 Å². The summed E-state index contributed by atoms with van der Waals surface area (Å²) in [5, 5.41) is 3.47. The summed E-state index contributed by atoms with van der Waals surface area (Å²) < 4.78 is 13.2. The van der Waals surface area contributed by atoms with Gasteiger partial charge in [-0.1, -0.05) is 18.9 Å². The van der Waals surface area contributed by atoms with Crippen LogP contribution in [0.3, 0.4) is 0 Å². The summed E-state index contributed by atoms with van der Waals surface area (Å²) in [6.45, 7) is 2.10. The summed E-state index contributed by atoms with van der Waals surface area (Å²) in [5.74, 6) is 2.28. The highest BCUT2D eigenvalue weighted by Crippen LogP contribution is 2.30. The van der Waals surface area contributed by atoms with E-state index in [1.165, 1.54) is 25.7 Å². The molecule has 2 aromatic rings. The van der Waals surface area contributed by atoms with Gasteiger partial charge >= 0.3 is 0 Å². The van der Waals surface area contributed by atoms with Crippen LogP contribution in [0.4, 0.5) is 5.82 Å². The molecule has 0 bridgehead atoms. The number of benzene rings is 1. The quantitative estimate of drug-likeness (QED) is 0.704. The Morgan fingerprint density at radius 3 is 2.66 bits per heavy atom. The van der Waals surface area contributed by atoms with E-state index in [0.717, 1.165) is 30.0 Å². The predicted molar refractivity (Wildman–Crippen MR) is 115 cm³/mol. The van der Waals surface area contributed by atoms with Gasteiger partial charge in [-0.05, 0) is 49.2 Å². The Hall–Kier alpha value is -2.32. The topological polar surface area (TPSA) is 71.5 Å². The number of rotatable bonds is 6. The van der Waals surface area contributed by atoms with Crippen molar-refractivity contribution < 1.29 is 9.47 Å². The number of hydrogen-bond acceptors (Lipinski definition) is 6. The fourth-order valence-corrected chi connectivity index (χ4v) is 4.69. The van der Waals surface area contributed by atoms with Crippen molar-refractivity contribution in [1.82, 2.24) is 14.5 Å². The van der Waals surface area contributed by atoms with E-state index in [1.54, 1.807) is 14.2 Å². The zero-order valence-electron chi connectivity index (χ0n) is 17.0. The predicted octanol–water partition coefficient (Wildman–Crippen LogP) is 3.29. The molecule has 0 amide bonds. The van der Waals surface area contributed by atoms with E-state index >= 15 is 0 Å². The lowest BCUT2D eigenvalue weighted by atomic mass is 10.1. The zero-order valence-corrected chi connectivity index (χ0v) is 17.8. The second kappa shape index (κ2) is 8.59. The van der Waals surface area contributed by atoms with Crippen LogP contribution in [0.5, 0.6) is 11.5 Å². The number of nitrogens with zero attached hydrogens (tertiary/aromatic N) is 2. The summed E-state index contributed by atoms with van der Waals surface area (Å²) in [6.07, 6.45) is 5.75. The van der Waals surface area contributed by atoms with Crippen molar-refractivity contribution in [2.75, 3.05) is 26.2 Å². The molecule has 0 spiro atoms. The van der Waals surface area contributed by atoms with Gasteiger partial charge in [0, 0.05) is 19.1 Å². The molecule has 8 heteroatoms. The summed E-state index contributed by atoms with van der Waals surface area (Å²) in [6, 6.07) is 6.49. The van der Waals surface area contributed by atoms with Crippen molar-refractivity contribution in [3.63, 3.8) is 0 Å². The van der Waals surface area contributed by atoms with Crippen molar-refractivity contribution in [2.24, 2.45) is 0 Å². The van der Waals surface area contributed by atoms with Crippen LogP contribution >= 0.6 is 12.2 Å². The largest absolute Gasteiger partial charge is 0.493 e. The third kappa shape index (κ3) is 4.04. The minimum absolute atomic E-state index is 0.0810. The molecule has 1 aliphatic heterocycles. The minimum Gasteiger partial charge on any atom is -0.493 e. The number of hydrogen-bond donors (Lipinski definition) is 2. The van der Waals surface area contributed by atoms with E-state index in [9.17, 15) is 4.79 Å². The van der Waals surface area contributed by atoms with E-state index in [4.69, 9.17) is 21.7 Å². The lowest BCUT2D eigenvalue weighted by Gasteiger charge is -2.35. The number of nitrogens with one attached hydrogen (secondary N) is 2. The Kier molecular flexibility index (Phi) is 5.91. The van der Waals surface area contributed by atoms with Gasteiger partial charge in [-0.25, -0.2) is 0 Å². The third-order valence-electron chi connectivity index (χ3n) is 6.02.